The van der Waals surface area contributed by atoms with Gasteiger partial charge in [-0.1, -0.05) is 31.0 Å². The lowest BCUT2D eigenvalue weighted by Crippen LogP contribution is -2.23. The molecule has 0 radical (unpaired) electrons. The van der Waals surface area contributed by atoms with Crippen molar-refractivity contribution in [3.63, 3.8) is 0 Å². The molecule has 0 bridgehead atoms. The van der Waals surface area contributed by atoms with Crippen molar-refractivity contribution >= 4 is 5.65 Å². The lowest BCUT2D eigenvalue weighted by molar-refractivity contribution is 0.154. The average Bonchev–Trinajstić information content (AvgIpc) is 2.91. The van der Waals surface area contributed by atoms with Crippen molar-refractivity contribution in [1.82, 2.24) is 14.6 Å². The van der Waals surface area contributed by atoms with E-state index in [-0.39, 0.29) is 11.7 Å². The molecule has 3 rings (SSSR count). The number of aliphatic hydroxyl groups excluding tert-OH is 1. The van der Waals surface area contributed by atoms with Crippen molar-refractivity contribution in [1.29, 1.82) is 0 Å². The lowest BCUT2D eigenvalue weighted by Gasteiger charge is -2.13. The zero-order valence-corrected chi connectivity index (χ0v) is 17.8. The van der Waals surface area contributed by atoms with E-state index in [4.69, 9.17) is 0 Å². The fourth-order valence-corrected chi connectivity index (χ4v) is 4.29. The quantitative estimate of drug-likeness (QED) is 0.668. The first-order valence-corrected chi connectivity index (χ1v) is 10.1. The second kappa shape index (κ2) is 7.92. The molecule has 28 heavy (non-hydrogen) atoms. The molecule has 0 spiro atoms. The second-order valence-corrected chi connectivity index (χ2v) is 8.01. The molecular formula is C23H31N3O2. The fourth-order valence-electron chi connectivity index (χ4n) is 4.29. The predicted octanol–water partition coefficient (Wildman–Crippen LogP) is 4.33. The summed E-state index contributed by atoms with van der Waals surface area (Å²) in [5, 5.41) is 14.6. The Morgan fingerprint density at radius 2 is 1.71 bits per heavy atom. The maximum absolute atomic E-state index is 13.1. The van der Waals surface area contributed by atoms with Crippen LogP contribution in [0.1, 0.15) is 59.8 Å². The number of benzene rings is 1. The van der Waals surface area contributed by atoms with Crippen molar-refractivity contribution in [2.45, 2.75) is 73.3 Å². The highest BCUT2D eigenvalue weighted by molar-refractivity contribution is 5.84. The SMILES string of the molecule is CCCC(O)CCc1c(C)[nH]c2c(-c3c(C)cc(C)cc3C)c(C)nn2c1=O. The third kappa shape index (κ3) is 3.63. The highest BCUT2D eigenvalue weighted by atomic mass is 16.3. The van der Waals surface area contributed by atoms with Gasteiger partial charge in [0.1, 0.15) is 5.65 Å². The van der Waals surface area contributed by atoms with Gasteiger partial charge in [0.2, 0.25) is 0 Å². The molecular weight excluding hydrogens is 350 g/mol. The third-order valence-electron chi connectivity index (χ3n) is 5.55. The summed E-state index contributed by atoms with van der Waals surface area (Å²) in [6.07, 6.45) is 2.47. The van der Waals surface area contributed by atoms with E-state index in [1.807, 2.05) is 13.8 Å². The number of fused-ring (bicyclic) bond motifs is 1. The third-order valence-corrected chi connectivity index (χ3v) is 5.55. The molecule has 1 unspecified atom stereocenters. The van der Waals surface area contributed by atoms with Gasteiger partial charge in [-0.3, -0.25) is 4.79 Å². The molecule has 2 aromatic heterocycles. The van der Waals surface area contributed by atoms with Crippen LogP contribution >= 0.6 is 0 Å². The molecule has 1 aromatic carbocycles. The summed E-state index contributed by atoms with van der Waals surface area (Å²) in [5.74, 6) is 0. The minimum absolute atomic E-state index is 0.0910. The first-order chi connectivity index (χ1) is 13.2. The number of nitrogens with one attached hydrogen (secondary N) is 1. The standard InChI is InChI=1S/C23H31N3O2/c1-7-8-18(27)9-10-19-16(5)24-22-21(17(6)25-26(22)23(19)28)20-14(3)11-13(2)12-15(20)4/h11-12,18,24,27H,7-10H2,1-6H3. The van der Waals surface area contributed by atoms with Crippen LogP contribution in [-0.2, 0) is 6.42 Å². The maximum atomic E-state index is 13.1. The van der Waals surface area contributed by atoms with Crippen LogP contribution in [0.3, 0.4) is 0 Å². The molecule has 5 heteroatoms. The molecule has 5 nitrogen and oxygen atoms in total. The zero-order valence-electron chi connectivity index (χ0n) is 17.8. The Kier molecular flexibility index (Phi) is 5.75. The molecule has 2 heterocycles. The van der Waals surface area contributed by atoms with E-state index < -0.39 is 0 Å². The van der Waals surface area contributed by atoms with Gasteiger partial charge in [0.05, 0.1) is 11.8 Å². The number of rotatable bonds is 6. The van der Waals surface area contributed by atoms with Gasteiger partial charge in [-0.25, -0.2) is 0 Å². The molecule has 2 N–H and O–H groups in total. The Bertz CT molecular complexity index is 1050. The summed E-state index contributed by atoms with van der Waals surface area (Å²) in [6, 6.07) is 4.33. The van der Waals surface area contributed by atoms with Crippen LogP contribution in [0.4, 0.5) is 0 Å². The molecule has 0 saturated heterocycles. The Balaban J connectivity index is 2.14. The van der Waals surface area contributed by atoms with Crippen molar-refractivity contribution in [2.75, 3.05) is 0 Å². The van der Waals surface area contributed by atoms with Crippen LogP contribution in [-0.4, -0.2) is 25.8 Å². The summed E-state index contributed by atoms with van der Waals surface area (Å²) >= 11 is 0. The van der Waals surface area contributed by atoms with Gasteiger partial charge in [0.15, 0.2) is 0 Å². The van der Waals surface area contributed by atoms with Gasteiger partial charge >= 0.3 is 0 Å². The van der Waals surface area contributed by atoms with Crippen molar-refractivity contribution in [3.05, 3.63) is 56.1 Å². The molecule has 0 aliphatic carbocycles. The van der Waals surface area contributed by atoms with Crippen LogP contribution in [0.2, 0.25) is 0 Å². The Morgan fingerprint density at radius 1 is 1.07 bits per heavy atom. The van der Waals surface area contributed by atoms with E-state index in [1.165, 1.54) is 21.2 Å². The lowest BCUT2D eigenvalue weighted by atomic mass is 9.94. The smallest absolute Gasteiger partial charge is 0.277 e. The topological polar surface area (TPSA) is 70.4 Å². The molecule has 0 aliphatic rings. The minimum atomic E-state index is -0.368. The second-order valence-electron chi connectivity index (χ2n) is 8.01. The van der Waals surface area contributed by atoms with Gasteiger partial charge < -0.3 is 10.1 Å². The van der Waals surface area contributed by atoms with Crippen molar-refractivity contribution < 1.29 is 5.11 Å². The van der Waals surface area contributed by atoms with Crippen LogP contribution in [0.15, 0.2) is 16.9 Å². The fraction of sp³-hybridized carbons (Fsp3) is 0.478. The van der Waals surface area contributed by atoms with Crippen molar-refractivity contribution in [3.8, 4) is 11.1 Å². The molecule has 0 aliphatic heterocycles. The van der Waals surface area contributed by atoms with Crippen LogP contribution in [0, 0.1) is 34.6 Å². The van der Waals surface area contributed by atoms with E-state index >= 15 is 0 Å². The van der Waals surface area contributed by atoms with Gasteiger partial charge in [0, 0.05) is 16.8 Å². The zero-order chi connectivity index (χ0) is 20.6. The number of aryl methyl sites for hydroxylation is 5. The van der Waals surface area contributed by atoms with E-state index in [0.717, 1.165) is 41.0 Å². The number of aromatic amines is 1. The Morgan fingerprint density at radius 3 is 2.32 bits per heavy atom. The maximum Gasteiger partial charge on any atom is 0.277 e. The average molecular weight is 382 g/mol. The van der Waals surface area contributed by atoms with E-state index in [9.17, 15) is 9.90 Å². The molecule has 1 atom stereocenters. The highest BCUT2D eigenvalue weighted by Gasteiger charge is 2.20. The van der Waals surface area contributed by atoms with E-state index in [2.05, 4.69) is 49.9 Å². The number of hydrogen-bond acceptors (Lipinski definition) is 3. The summed E-state index contributed by atoms with van der Waals surface area (Å²) < 4.78 is 1.50. The summed E-state index contributed by atoms with van der Waals surface area (Å²) in [5.41, 5.74) is 8.77. The van der Waals surface area contributed by atoms with Crippen LogP contribution in [0.25, 0.3) is 16.8 Å². The number of aromatic nitrogens is 3. The summed E-state index contributed by atoms with van der Waals surface area (Å²) in [4.78, 5) is 16.6. The van der Waals surface area contributed by atoms with Gasteiger partial charge in [-0.15, -0.1) is 0 Å². The molecule has 0 saturated carbocycles. The van der Waals surface area contributed by atoms with E-state index in [0.29, 0.717) is 18.4 Å². The Hall–Kier alpha value is -2.40. The molecule has 150 valence electrons. The normalized spacial score (nSPS) is 12.7. The first kappa shape index (κ1) is 20.3. The number of aliphatic hydroxyl groups is 1. The number of nitrogens with zero attached hydrogens (tertiary/aromatic N) is 2. The molecule has 3 aromatic rings. The largest absolute Gasteiger partial charge is 0.393 e. The minimum Gasteiger partial charge on any atom is -0.393 e. The first-order valence-electron chi connectivity index (χ1n) is 10.1. The highest BCUT2D eigenvalue weighted by Crippen LogP contribution is 2.33. The van der Waals surface area contributed by atoms with Gasteiger partial charge in [-0.2, -0.15) is 9.61 Å². The monoisotopic (exact) mass is 381 g/mol. The number of H-pyrrole nitrogens is 1. The van der Waals surface area contributed by atoms with Crippen LogP contribution in [0.5, 0.6) is 0 Å². The van der Waals surface area contributed by atoms with Gasteiger partial charge in [0.25, 0.3) is 5.56 Å². The summed E-state index contributed by atoms with van der Waals surface area (Å²) in [6.45, 7) is 12.2. The van der Waals surface area contributed by atoms with Crippen molar-refractivity contribution in [2.24, 2.45) is 0 Å². The summed E-state index contributed by atoms with van der Waals surface area (Å²) in [7, 11) is 0. The molecule has 0 amide bonds. The predicted molar refractivity (Wildman–Crippen MR) is 114 cm³/mol. The van der Waals surface area contributed by atoms with Gasteiger partial charge in [-0.05, 0) is 70.6 Å². The number of hydrogen-bond donors (Lipinski definition) is 2. The Labute approximate surface area is 166 Å². The molecule has 0 fully saturated rings. The van der Waals surface area contributed by atoms with E-state index in [1.54, 1.807) is 0 Å². The van der Waals surface area contributed by atoms with Crippen LogP contribution < -0.4 is 5.56 Å².